The van der Waals surface area contributed by atoms with Crippen molar-refractivity contribution in [2.75, 3.05) is 7.11 Å². The van der Waals surface area contributed by atoms with Gasteiger partial charge in [-0.1, -0.05) is 23.7 Å². The molecule has 5 atom stereocenters. The quantitative estimate of drug-likeness (QED) is 0.144. The number of hydrogen-bond acceptors (Lipinski definition) is 11. The zero-order valence-corrected chi connectivity index (χ0v) is 28.1. The molecule has 0 saturated heterocycles. The minimum absolute atomic E-state index is 0.00297. The van der Waals surface area contributed by atoms with E-state index in [2.05, 4.69) is 21.3 Å². The molecule has 0 saturated carbocycles. The van der Waals surface area contributed by atoms with Crippen LogP contribution in [0.5, 0.6) is 23.0 Å². The fourth-order valence-corrected chi connectivity index (χ4v) is 5.82. The molecule has 270 valence electrons. The molecule has 0 radical (unpaired) electrons. The van der Waals surface area contributed by atoms with Crippen LogP contribution in [0, 0.1) is 0 Å². The summed E-state index contributed by atoms with van der Waals surface area (Å²) in [4.78, 5) is 78.0. The lowest BCUT2D eigenvalue weighted by Crippen LogP contribution is -2.55. The van der Waals surface area contributed by atoms with E-state index in [1.54, 1.807) is 0 Å². The molecular weight excluding hydrogens is 692 g/mol. The predicted octanol–water partition coefficient (Wildman–Crippen LogP) is 1.64. The number of phenols is 3. The SMILES string of the molecule is COc1ccc([C@@H](O)[C@@H]2NC(=O)[C@H](NC(C)=O)c3ccc(O)c(c3)-c3c(O)cc(O)cc3[C@@H](C(=O)N[C@@H](CCC(C)=O)C(=O)O)NC2=O)cc1Cl. The van der Waals surface area contributed by atoms with E-state index in [4.69, 9.17) is 16.3 Å². The van der Waals surface area contributed by atoms with E-state index in [0.717, 1.165) is 25.1 Å². The van der Waals surface area contributed by atoms with Crippen molar-refractivity contribution in [1.29, 1.82) is 0 Å². The lowest BCUT2D eigenvalue weighted by molar-refractivity contribution is -0.142. The summed E-state index contributed by atoms with van der Waals surface area (Å²) in [6, 6.07) is 2.36. The summed E-state index contributed by atoms with van der Waals surface area (Å²) < 4.78 is 5.14. The molecule has 0 spiro atoms. The van der Waals surface area contributed by atoms with Gasteiger partial charge in [-0.2, -0.15) is 0 Å². The Labute approximate surface area is 295 Å². The Morgan fingerprint density at radius 1 is 0.941 bits per heavy atom. The number of nitrogens with one attached hydrogen (secondary N) is 4. The van der Waals surface area contributed by atoms with Gasteiger partial charge in [0.2, 0.25) is 23.6 Å². The maximum Gasteiger partial charge on any atom is 0.326 e. The van der Waals surface area contributed by atoms with Crippen molar-refractivity contribution in [3.05, 3.63) is 70.2 Å². The Balaban J connectivity index is 1.98. The number of aromatic hydroxyl groups is 3. The molecule has 1 heterocycles. The molecule has 0 aliphatic carbocycles. The van der Waals surface area contributed by atoms with Gasteiger partial charge in [-0.05, 0) is 60.4 Å². The van der Waals surface area contributed by atoms with E-state index in [1.807, 2.05) is 0 Å². The summed E-state index contributed by atoms with van der Waals surface area (Å²) in [5.74, 6) is -7.62. The van der Waals surface area contributed by atoms with Gasteiger partial charge in [0.15, 0.2) is 0 Å². The molecule has 51 heavy (non-hydrogen) atoms. The van der Waals surface area contributed by atoms with E-state index in [-0.39, 0.29) is 57.2 Å². The molecular formula is C34H35ClN4O12. The Bertz CT molecular complexity index is 1900. The molecule has 16 nitrogen and oxygen atoms in total. The zero-order chi connectivity index (χ0) is 37.7. The van der Waals surface area contributed by atoms with Crippen LogP contribution in [0.1, 0.15) is 61.6 Å². The first-order chi connectivity index (χ1) is 24.0. The molecule has 9 N–H and O–H groups in total. The number of carboxylic acid groups (broad SMARTS) is 1. The maximum absolute atomic E-state index is 14.2. The number of carbonyl (C=O) groups is 6. The van der Waals surface area contributed by atoms with Crippen molar-refractivity contribution in [1.82, 2.24) is 21.3 Å². The molecule has 1 aliphatic rings. The van der Waals surface area contributed by atoms with E-state index in [1.165, 1.54) is 44.4 Å². The third-order valence-electron chi connectivity index (χ3n) is 8.04. The van der Waals surface area contributed by atoms with Gasteiger partial charge >= 0.3 is 5.97 Å². The van der Waals surface area contributed by atoms with Crippen LogP contribution in [0.3, 0.4) is 0 Å². The number of methoxy groups -OCH3 is 1. The van der Waals surface area contributed by atoms with Gasteiger partial charge in [-0.15, -0.1) is 0 Å². The first-order valence-electron chi connectivity index (χ1n) is 15.3. The van der Waals surface area contributed by atoms with Crippen molar-refractivity contribution in [2.45, 2.75) is 57.0 Å². The maximum atomic E-state index is 14.2. The minimum atomic E-state index is -1.98. The van der Waals surface area contributed by atoms with Crippen LogP contribution in [0.15, 0.2) is 48.5 Å². The van der Waals surface area contributed by atoms with Crippen LogP contribution in [-0.4, -0.2) is 80.1 Å². The van der Waals surface area contributed by atoms with Gasteiger partial charge in [-0.25, -0.2) is 4.79 Å². The number of hydrogen-bond donors (Lipinski definition) is 9. The Morgan fingerprint density at radius 2 is 1.65 bits per heavy atom. The summed E-state index contributed by atoms with van der Waals surface area (Å²) in [5, 5.41) is 63.5. The van der Waals surface area contributed by atoms with Crippen molar-refractivity contribution in [2.24, 2.45) is 0 Å². The highest BCUT2D eigenvalue weighted by molar-refractivity contribution is 6.32. The second kappa shape index (κ2) is 15.8. The number of phenolic OH excluding ortho intramolecular Hbond substituents is 3. The van der Waals surface area contributed by atoms with Gasteiger partial charge < -0.3 is 56.3 Å². The largest absolute Gasteiger partial charge is 0.508 e. The van der Waals surface area contributed by atoms with Crippen molar-refractivity contribution < 1.29 is 59.0 Å². The number of fused-ring (bicyclic) bond motifs is 4. The molecule has 4 rings (SSSR count). The Hall–Kier alpha value is -5.87. The van der Waals surface area contributed by atoms with Gasteiger partial charge in [0.25, 0.3) is 0 Å². The number of benzene rings is 3. The molecule has 0 fully saturated rings. The number of ether oxygens (including phenoxy) is 1. The number of halogens is 1. The highest BCUT2D eigenvalue weighted by Crippen LogP contribution is 2.44. The number of aliphatic hydroxyl groups excluding tert-OH is 1. The van der Waals surface area contributed by atoms with Crippen molar-refractivity contribution >= 4 is 47.0 Å². The molecule has 0 aromatic heterocycles. The first kappa shape index (κ1) is 37.9. The highest BCUT2D eigenvalue weighted by Gasteiger charge is 2.39. The standard InChI is InChI=1S/C34H35ClN4O12/c1-14(40)4-7-22(34(49)50)37-32(47)28-20-12-18(42)13-24(44)26(20)19-10-16(5-8-23(19)43)27(36-15(2)41)31(46)39-29(33(48)38-28)30(45)17-6-9-25(51-3)21(35)11-17/h5-6,8-13,22,27-30,42-45H,4,7H2,1-3H3,(H,36,41)(H,37,47)(H,38,48)(H,39,46)(H,49,50)/t22-,27+,28-,29-,30+/m0/s1. The van der Waals surface area contributed by atoms with E-state index in [0.29, 0.717) is 0 Å². The fraction of sp³-hybridized carbons (Fsp3) is 0.294. The smallest absolute Gasteiger partial charge is 0.326 e. The second-order valence-corrected chi connectivity index (χ2v) is 12.2. The minimum Gasteiger partial charge on any atom is -0.508 e. The van der Waals surface area contributed by atoms with Crippen LogP contribution in [0.2, 0.25) is 5.02 Å². The van der Waals surface area contributed by atoms with Crippen molar-refractivity contribution in [3.63, 3.8) is 0 Å². The lowest BCUT2D eigenvalue weighted by Gasteiger charge is -2.31. The number of aliphatic hydroxyl groups is 1. The monoisotopic (exact) mass is 726 g/mol. The van der Waals surface area contributed by atoms with Gasteiger partial charge in [-0.3, -0.25) is 19.2 Å². The van der Waals surface area contributed by atoms with E-state index in [9.17, 15) is 54.3 Å². The molecule has 4 amide bonds. The third-order valence-corrected chi connectivity index (χ3v) is 8.33. The summed E-state index contributed by atoms with van der Waals surface area (Å²) in [6.45, 7) is 2.35. The fourth-order valence-electron chi connectivity index (χ4n) is 5.55. The molecule has 3 aromatic carbocycles. The van der Waals surface area contributed by atoms with Crippen LogP contribution in [0.4, 0.5) is 0 Å². The zero-order valence-electron chi connectivity index (χ0n) is 27.4. The number of Topliss-reactive ketones (excluding diaryl/α,β-unsaturated/α-hetero) is 1. The van der Waals surface area contributed by atoms with E-state index >= 15 is 0 Å². The summed E-state index contributed by atoms with van der Waals surface area (Å²) in [6.07, 6.45) is -2.44. The number of carboxylic acids is 1. The van der Waals surface area contributed by atoms with Gasteiger partial charge in [0.1, 0.15) is 59.1 Å². The van der Waals surface area contributed by atoms with Crippen LogP contribution in [0.25, 0.3) is 11.1 Å². The number of aliphatic carboxylic acids is 1. The average Bonchev–Trinajstić information content (AvgIpc) is 3.05. The number of ketones is 1. The van der Waals surface area contributed by atoms with Crippen LogP contribution < -0.4 is 26.0 Å². The normalized spacial score (nSPS) is 18.3. The summed E-state index contributed by atoms with van der Waals surface area (Å²) >= 11 is 6.26. The average molecular weight is 727 g/mol. The number of rotatable bonds is 10. The van der Waals surface area contributed by atoms with Gasteiger partial charge in [0.05, 0.1) is 12.1 Å². The van der Waals surface area contributed by atoms with Crippen LogP contribution >= 0.6 is 11.6 Å². The summed E-state index contributed by atoms with van der Waals surface area (Å²) in [5.41, 5.74) is -0.878. The molecule has 17 heteroatoms. The van der Waals surface area contributed by atoms with E-state index < -0.39 is 77.1 Å². The Kier molecular flexibility index (Phi) is 11.7. The second-order valence-electron chi connectivity index (χ2n) is 11.7. The molecule has 3 aromatic rings. The topological polar surface area (TPSA) is 261 Å². The highest BCUT2D eigenvalue weighted by atomic mass is 35.5. The molecule has 0 unspecified atom stereocenters. The first-order valence-corrected chi connectivity index (χ1v) is 15.7. The third kappa shape index (κ3) is 8.66. The van der Waals surface area contributed by atoms with Gasteiger partial charge in [0, 0.05) is 30.5 Å². The van der Waals surface area contributed by atoms with Crippen LogP contribution in [-0.2, 0) is 28.8 Å². The molecule has 1 aliphatic heterocycles. The molecule has 2 bridgehead atoms. The predicted molar refractivity (Wildman–Crippen MR) is 179 cm³/mol. The summed E-state index contributed by atoms with van der Waals surface area (Å²) in [7, 11) is 1.35. The number of amides is 4. The number of carbonyl (C=O) groups excluding carboxylic acids is 5. The lowest BCUT2D eigenvalue weighted by atomic mass is 9.89. The van der Waals surface area contributed by atoms with Crippen molar-refractivity contribution in [3.8, 4) is 34.1 Å². The Morgan fingerprint density at radius 3 is 2.25 bits per heavy atom.